The Bertz CT molecular complexity index is 1210. The number of benzene rings is 2. The number of hydrogen-bond donors (Lipinski definition) is 2. The lowest BCUT2D eigenvalue weighted by Crippen LogP contribution is -2.34. The van der Waals surface area contributed by atoms with Crippen molar-refractivity contribution in [3.05, 3.63) is 65.5 Å². The Balaban J connectivity index is 1.28. The molecule has 1 aliphatic heterocycles. The first-order chi connectivity index (χ1) is 18.1. The largest absolute Gasteiger partial charge is 0.494 e. The molecule has 1 fully saturated rings. The van der Waals surface area contributed by atoms with Gasteiger partial charge in [-0.05, 0) is 88.3 Å². The molecular weight excluding hydrogens is 490 g/mol. The maximum Gasteiger partial charge on any atom is 0.227 e. The van der Waals surface area contributed by atoms with E-state index in [2.05, 4.69) is 32.3 Å². The third-order valence-corrected chi connectivity index (χ3v) is 6.94. The molecule has 0 saturated carbocycles. The van der Waals surface area contributed by atoms with E-state index >= 15 is 0 Å². The molecule has 1 aromatic heterocycles. The monoisotopic (exact) mass is 526 g/mol. The number of aromatic nitrogens is 2. The number of nitrogens with one attached hydrogen (secondary N) is 1. The molecule has 4 rings (SSSR count). The lowest BCUT2D eigenvalue weighted by atomic mass is 9.88. The number of nitrogens with zero attached hydrogens (tertiary/aromatic N) is 3. The fourth-order valence-corrected chi connectivity index (χ4v) is 4.61. The SMILES string of the molecule is COc1cc(C)c(F)c(COc2cnc(Nc3ccc(N4CCC(CCC(C)(C)O)CC4)cc3)nc2)c1F. The smallest absolute Gasteiger partial charge is 0.227 e. The highest BCUT2D eigenvalue weighted by Gasteiger charge is 2.22. The summed E-state index contributed by atoms with van der Waals surface area (Å²) in [5, 5.41) is 13.1. The number of anilines is 3. The van der Waals surface area contributed by atoms with E-state index in [1.54, 1.807) is 6.92 Å². The van der Waals surface area contributed by atoms with Gasteiger partial charge < -0.3 is 24.8 Å². The minimum Gasteiger partial charge on any atom is -0.494 e. The highest BCUT2D eigenvalue weighted by atomic mass is 19.1. The number of ether oxygens (including phenoxy) is 2. The molecule has 9 heteroatoms. The van der Waals surface area contributed by atoms with Crippen molar-refractivity contribution in [2.24, 2.45) is 5.92 Å². The van der Waals surface area contributed by atoms with Crippen LogP contribution in [-0.2, 0) is 6.61 Å². The Hall–Kier alpha value is -3.46. The Morgan fingerprint density at radius 3 is 2.34 bits per heavy atom. The van der Waals surface area contributed by atoms with Gasteiger partial charge >= 0.3 is 0 Å². The molecular formula is C29H36F2N4O3. The highest BCUT2D eigenvalue weighted by Crippen LogP contribution is 2.30. The molecule has 0 radical (unpaired) electrons. The first-order valence-electron chi connectivity index (χ1n) is 12.9. The zero-order valence-corrected chi connectivity index (χ0v) is 22.4. The van der Waals surface area contributed by atoms with Gasteiger partial charge in [-0.1, -0.05) is 0 Å². The van der Waals surface area contributed by atoms with E-state index in [9.17, 15) is 13.9 Å². The molecule has 0 aliphatic carbocycles. The van der Waals surface area contributed by atoms with E-state index in [0.29, 0.717) is 11.9 Å². The van der Waals surface area contributed by atoms with E-state index in [4.69, 9.17) is 9.47 Å². The van der Waals surface area contributed by atoms with E-state index in [1.165, 1.54) is 31.3 Å². The van der Waals surface area contributed by atoms with Crippen LogP contribution in [0.3, 0.4) is 0 Å². The quantitative estimate of drug-likeness (QED) is 0.327. The summed E-state index contributed by atoms with van der Waals surface area (Å²) in [6, 6.07) is 9.44. The first kappa shape index (κ1) is 27.6. The van der Waals surface area contributed by atoms with Crippen LogP contribution in [0.15, 0.2) is 42.7 Å². The zero-order chi connectivity index (χ0) is 27.3. The number of piperidine rings is 1. The molecule has 204 valence electrons. The van der Waals surface area contributed by atoms with E-state index in [-0.39, 0.29) is 29.2 Å². The minimum absolute atomic E-state index is 0.0315. The van der Waals surface area contributed by atoms with Gasteiger partial charge in [0.25, 0.3) is 0 Å². The molecule has 2 heterocycles. The molecule has 7 nitrogen and oxygen atoms in total. The zero-order valence-electron chi connectivity index (χ0n) is 22.4. The molecule has 1 aliphatic rings. The van der Waals surface area contributed by atoms with Crippen molar-refractivity contribution in [3.63, 3.8) is 0 Å². The van der Waals surface area contributed by atoms with Crippen LogP contribution in [0.5, 0.6) is 11.5 Å². The second kappa shape index (κ2) is 11.9. The van der Waals surface area contributed by atoms with Crippen LogP contribution in [0.4, 0.5) is 26.1 Å². The van der Waals surface area contributed by atoms with Crippen molar-refractivity contribution < 1.29 is 23.4 Å². The number of aryl methyl sites for hydroxylation is 1. The lowest BCUT2D eigenvalue weighted by Gasteiger charge is -2.34. The molecule has 38 heavy (non-hydrogen) atoms. The third kappa shape index (κ3) is 7.10. The fraction of sp³-hybridized carbons (Fsp3) is 0.448. The molecule has 0 atom stereocenters. The third-order valence-electron chi connectivity index (χ3n) is 6.94. The van der Waals surface area contributed by atoms with Gasteiger partial charge in [0.1, 0.15) is 12.4 Å². The summed E-state index contributed by atoms with van der Waals surface area (Å²) in [6.45, 7) is 7.00. The van der Waals surface area contributed by atoms with Crippen LogP contribution < -0.4 is 19.7 Å². The molecule has 0 spiro atoms. The summed E-state index contributed by atoms with van der Waals surface area (Å²) < 4.78 is 39.4. The topological polar surface area (TPSA) is 79.7 Å². The number of halogens is 2. The van der Waals surface area contributed by atoms with Gasteiger partial charge in [0.2, 0.25) is 5.95 Å². The van der Waals surface area contributed by atoms with Crippen LogP contribution >= 0.6 is 0 Å². The van der Waals surface area contributed by atoms with Crippen molar-refractivity contribution >= 4 is 17.3 Å². The molecule has 2 N–H and O–H groups in total. The number of rotatable bonds is 10. The van der Waals surface area contributed by atoms with Crippen LogP contribution in [0.25, 0.3) is 0 Å². The van der Waals surface area contributed by atoms with Crippen molar-refractivity contribution in [1.82, 2.24) is 9.97 Å². The van der Waals surface area contributed by atoms with Gasteiger partial charge in [-0.25, -0.2) is 18.7 Å². The van der Waals surface area contributed by atoms with Gasteiger partial charge in [0.15, 0.2) is 17.3 Å². The number of methoxy groups -OCH3 is 1. The highest BCUT2D eigenvalue weighted by molar-refractivity contribution is 5.59. The van der Waals surface area contributed by atoms with Gasteiger partial charge in [0, 0.05) is 24.5 Å². The molecule has 0 amide bonds. The maximum atomic E-state index is 14.5. The number of aliphatic hydroxyl groups is 1. The van der Waals surface area contributed by atoms with Crippen molar-refractivity contribution in [1.29, 1.82) is 0 Å². The van der Waals surface area contributed by atoms with Crippen molar-refractivity contribution in [2.45, 2.75) is 58.7 Å². The summed E-state index contributed by atoms with van der Waals surface area (Å²) in [7, 11) is 1.33. The maximum absolute atomic E-state index is 14.5. The predicted molar refractivity (Wildman–Crippen MR) is 144 cm³/mol. The predicted octanol–water partition coefficient (Wildman–Crippen LogP) is 6.16. The van der Waals surface area contributed by atoms with Crippen LogP contribution in [0.1, 0.15) is 50.7 Å². The van der Waals surface area contributed by atoms with Gasteiger partial charge in [-0.15, -0.1) is 0 Å². The molecule has 2 aromatic carbocycles. The van der Waals surface area contributed by atoms with E-state index in [1.807, 2.05) is 26.0 Å². The Morgan fingerprint density at radius 2 is 1.74 bits per heavy atom. The molecule has 1 saturated heterocycles. The van der Waals surface area contributed by atoms with Gasteiger partial charge in [-0.3, -0.25) is 0 Å². The average Bonchev–Trinajstić information content (AvgIpc) is 2.91. The summed E-state index contributed by atoms with van der Waals surface area (Å²) in [4.78, 5) is 10.9. The summed E-state index contributed by atoms with van der Waals surface area (Å²) in [6.07, 6.45) is 7.08. The normalized spacial score (nSPS) is 14.4. The van der Waals surface area contributed by atoms with Crippen LogP contribution in [0, 0.1) is 24.5 Å². The Kier molecular flexibility index (Phi) is 8.66. The minimum atomic E-state index is -0.784. The number of hydrogen-bond acceptors (Lipinski definition) is 7. The van der Waals surface area contributed by atoms with E-state index in [0.717, 1.165) is 44.5 Å². The Morgan fingerprint density at radius 1 is 1.08 bits per heavy atom. The second-order valence-corrected chi connectivity index (χ2v) is 10.5. The van der Waals surface area contributed by atoms with Crippen LogP contribution in [0.2, 0.25) is 0 Å². The Labute approximate surface area is 222 Å². The second-order valence-electron chi connectivity index (χ2n) is 10.5. The standard InChI is InChI=1S/C29H36F2N4O3/c1-19-15-25(37-4)27(31)24(26(19)30)18-38-23-16-32-28(33-17-23)34-21-5-7-22(8-6-21)35-13-10-20(11-14-35)9-12-29(2,3)36/h5-8,15-17,20,36H,9-14,18H2,1-4H3,(H,32,33,34). The van der Waals surface area contributed by atoms with Crippen molar-refractivity contribution in [2.75, 3.05) is 30.4 Å². The van der Waals surface area contributed by atoms with Crippen molar-refractivity contribution in [3.8, 4) is 11.5 Å². The summed E-state index contributed by atoms with van der Waals surface area (Å²) in [5.74, 6) is -0.144. The van der Waals surface area contributed by atoms with E-state index < -0.39 is 17.2 Å². The summed E-state index contributed by atoms with van der Waals surface area (Å²) >= 11 is 0. The average molecular weight is 527 g/mol. The van der Waals surface area contributed by atoms with Gasteiger partial charge in [-0.2, -0.15) is 0 Å². The summed E-state index contributed by atoms with van der Waals surface area (Å²) in [5.41, 5.74) is 1.50. The van der Waals surface area contributed by atoms with Crippen LogP contribution in [-0.4, -0.2) is 40.9 Å². The van der Waals surface area contributed by atoms with Gasteiger partial charge in [0.05, 0.1) is 30.7 Å². The fourth-order valence-electron chi connectivity index (χ4n) is 4.61. The first-order valence-corrected chi connectivity index (χ1v) is 12.9. The molecule has 3 aromatic rings. The molecule has 0 unspecified atom stereocenters. The molecule has 0 bridgehead atoms. The lowest BCUT2D eigenvalue weighted by molar-refractivity contribution is 0.0621.